The van der Waals surface area contributed by atoms with E-state index in [1.54, 1.807) is 29.2 Å². The third-order valence-corrected chi connectivity index (χ3v) is 3.50. The first kappa shape index (κ1) is 14.3. The third kappa shape index (κ3) is 2.91. The fraction of sp³-hybridized carbons (Fsp3) is 0.308. The third-order valence-electron chi connectivity index (χ3n) is 3.17. The fourth-order valence-corrected chi connectivity index (χ4v) is 2.29. The number of carbonyl (C=O) groups is 3. The summed E-state index contributed by atoms with van der Waals surface area (Å²) in [6.07, 6.45) is 0. The van der Waals surface area contributed by atoms with E-state index in [1.165, 1.54) is 4.90 Å². The molecule has 1 fully saturated rings. The molecule has 0 spiro atoms. The van der Waals surface area contributed by atoms with E-state index in [1.807, 2.05) is 0 Å². The molecule has 1 aliphatic heterocycles. The second-order valence-electron chi connectivity index (χ2n) is 4.43. The van der Waals surface area contributed by atoms with Crippen LogP contribution in [0.25, 0.3) is 0 Å². The summed E-state index contributed by atoms with van der Waals surface area (Å²) in [6, 6.07) is 6.81. The first-order valence-electron chi connectivity index (χ1n) is 6.13. The Bertz CT molecular complexity index is 554. The number of hydrogen-bond acceptors (Lipinski definition) is 3. The molecule has 6 nitrogen and oxygen atoms in total. The number of piperazine rings is 1. The minimum Gasteiger partial charge on any atom is -0.361 e. The summed E-state index contributed by atoms with van der Waals surface area (Å²) in [4.78, 5) is 37.5. The first-order valence-corrected chi connectivity index (χ1v) is 6.51. The molecular weight excluding hydrogens is 282 g/mol. The maximum Gasteiger partial charge on any atom is 0.311 e. The molecule has 0 bridgehead atoms. The molecule has 0 unspecified atom stereocenters. The van der Waals surface area contributed by atoms with E-state index in [4.69, 9.17) is 17.3 Å². The van der Waals surface area contributed by atoms with Crippen molar-refractivity contribution in [3.05, 3.63) is 34.9 Å². The van der Waals surface area contributed by atoms with Crippen LogP contribution in [0, 0.1) is 0 Å². The lowest BCUT2D eigenvalue weighted by Crippen LogP contribution is -2.53. The Morgan fingerprint density at radius 2 is 1.55 bits per heavy atom. The number of hydrogen-bond donors (Lipinski definition) is 1. The minimum atomic E-state index is -0.976. The standard InChI is InChI=1S/C13H14ClN3O3/c14-10-4-2-1-3-9(10)12(19)16-5-7-17(8-6-16)13(20)11(15)18/h1-4H,5-8H2,(H2,15,18). The van der Waals surface area contributed by atoms with E-state index in [0.29, 0.717) is 23.7 Å². The molecule has 1 saturated heterocycles. The van der Waals surface area contributed by atoms with Crippen molar-refractivity contribution in [2.24, 2.45) is 5.73 Å². The van der Waals surface area contributed by atoms with E-state index in [-0.39, 0.29) is 19.0 Å². The molecule has 2 rings (SSSR count). The summed E-state index contributed by atoms with van der Waals surface area (Å²) in [6.45, 7) is 1.28. The monoisotopic (exact) mass is 295 g/mol. The van der Waals surface area contributed by atoms with Gasteiger partial charge in [-0.3, -0.25) is 14.4 Å². The maximum atomic E-state index is 12.3. The summed E-state index contributed by atoms with van der Waals surface area (Å²) >= 11 is 5.99. The summed E-state index contributed by atoms with van der Waals surface area (Å²) in [5.74, 6) is -1.87. The van der Waals surface area contributed by atoms with Crippen molar-refractivity contribution in [2.45, 2.75) is 0 Å². The van der Waals surface area contributed by atoms with Crippen molar-refractivity contribution in [1.82, 2.24) is 9.80 Å². The zero-order valence-corrected chi connectivity index (χ0v) is 11.5. The second kappa shape index (κ2) is 5.92. The molecule has 0 atom stereocenters. The normalized spacial score (nSPS) is 15.1. The largest absolute Gasteiger partial charge is 0.361 e. The first-order chi connectivity index (χ1) is 9.50. The molecule has 2 N–H and O–H groups in total. The Morgan fingerprint density at radius 3 is 2.10 bits per heavy atom. The summed E-state index contributed by atoms with van der Waals surface area (Å²) < 4.78 is 0. The van der Waals surface area contributed by atoms with Gasteiger partial charge < -0.3 is 15.5 Å². The molecule has 106 valence electrons. The maximum absolute atomic E-state index is 12.3. The predicted octanol–water partition coefficient (Wildman–Crippen LogP) is 0.110. The molecule has 0 aromatic heterocycles. The Hall–Kier alpha value is -2.08. The van der Waals surface area contributed by atoms with Gasteiger partial charge in [0.05, 0.1) is 10.6 Å². The van der Waals surface area contributed by atoms with Crippen LogP contribution in [0.5, 0.6) is 0 Å². The molecule has 1 aromatic carbocycles. The van der Waals surface area contributed by atoms with Crippen LogP contribution in [0.1, 0.15) is 10.4 Å². The highest BCUT2D eigenvalue weighted by Gasteiger charge is 2.27. The minimum absolute atomic E-state index is 0.179. The molecule has 7 heteroatoms. The Kier molecular flexibility index (Phi) is 4.24. The molecule has 3 amide bonds. The lowest BCUT2D eigenvalue weighted by molar-refractivity contribution is -0.145. The smallest absolute Gasteiger partial charge is 0.311 e. The number of nitrogens with zero attached hydrogens (tertiary/aromatic N) is 2. The quantitative estimate of drug-likeness (QED) is 0.746. The van der Waals surface area contributed by atoms with Gasteiger partial charge >= 0.3 is 11.8 Å². The zero-order chi connectivity index (χ0) is 14.7. The van der Waals surface area contributed by atoms with E-state index >= 15 is 0 Å². The number of halogens is 1. The predicted molar refractivity (Wildman–Crippen MR) is 73.1 cm³/mol. The highest BCUT2D eigenvalue weighted by Crippen LogP contribution is 2.18. The van der Waals surface area contributed by atoms with Crippen molar-refractivity contribution in [2.75, 3.05) is 26.2 Å². The van der Waals surface area contributed by atoms with Crippen LogP contribution in [0.2, 0.25) is 5.02 Å². The number of nitrogens with two attached hydrogens (primary N) is 1. The molecule has 0 aliphatic carbocycles. The number of carbonyl (C=O) groups excluding carboxylic acids is 3. The molecule has 0 radical (unpaired) electrons. The van der Waals surface area contributed by atoms with Crippen LogP contribution in [-0.4, -0.2) is 53.7 Å². The van der Waals surface area contributed by atoms with Crippen LogP contribution in [-0.2, 0) is 9.59 Å². The van der Waals surface area contributed by atoms with E-state index < -0.39 is 11.8 Å². The number of benzene rings is 1. The van der Waals surface area contributed by atoms with Gasteiger partial charge in [-0.05, 0) is 12.1 Å². The van der Waals surface area contributed by atoms with Gasteiger partial charge in [0.1, 0.15) is 0 Å². The van der Waals surface area contributed by atoms with Gasteiger partial charge in [-0.15, -0.1) is 0 Å². The lowest BCUT2D eigenvalue weighted by Gasteiger charge is -2.34. The van der Waals surface area contributed by atoms with Crippen LogP contribution in [0.15, 0.2) is 24.3 Å². The number of primary amides is 1. The average molecular weight is 296 g/mol. The zero-order valence-electron chi connectivity index (χ0n) is 10.7. The summed E-state index contributed by atoms with van der Waals surface area (Å²) in [5, 5.41) is 0.396. The van der Waals surface area contributed by atoms with Gasteiger partial charge in [0.2, 0.25) is 0 Å². The van der Waals surface area contributed by atoms with Gasteiger partial charge in [-0.2, -0.15) is 0 Å². The number of rotatable bonds is 1. The summed E-state index contributed by atoms with van der Waals surface area (Å²) in [5.41, 5.74) is 5.38. The van der Waals surface area contributed by atoms with Gasteiger partial charge in [0.15, 0.2) is 0 Å². The van der Waals surface area contributed by atoms with Crippen molar-refractivity contribution in [3.8, 4) is 0 Å². The fourth-order valence-electron chi connectivity index (χ4n) is 2.07. The van der Waals surface area contributed by atoms with Crippen LogP contribution in [0.4, 0.5) is 0 Å². The van der Waals surface area contributed by atoms with Crippen molar-refractivity contribution < 1.29 is 14.4 Å². The molecule has 1 aromatic rings. The Morgan fingerprint density at radius 1 is 1.00 bits per heavy atom. The number of amides is 3. The molecule has 1 heterocycles. The summed E-state index contributed by atoms with van der Waals surface area (Å²) in [7, 11) is 0. The highest BCUT2D eigenvalue weighted by molar-refractivity contribution is 6.34. The SMILES string of the molecule is NC(=O)C(=O)N1CCN(C(=O)c2ccccc2Cl)CC1. The van der Waals surface area contributed by atoms with Gasteiger partial charge in [-0.1, -0.05) is 23.7 Å². The van der Waals surface area contributed by atoms with Crippen LogP contribution in [0.3, 0.4) is 0 Å². The molecule has 1 aliphatic rings. The molecular formula is C13H14ClN3O3. The van der Waals surface area contributed by atoms with Crippen molar-refractivity contribution in [1.29, 1.82) is 0 Å². The van der Waals surface area contributed by atoms with E-state index in [2.05, 4.69) is 0 Å². The molecule has 20 heavy (non-hydrogen) atoms. The van der Waals surface area contributed by atoms with Crippen LogP contribution < -0.4 is 5.73 Å². The van der Waals surface area contributed by atoms with Crippen molar-refractivity contribution >= 4 is 29.3 Å². The molecule has 0 saturated carbocycles. The van der Waals surface area contributed by atoms with Crippen molar-refractivity contribution in [3.63, 3.8) is 0 Å². The van der Waals surface area contributed by atoms with Gasteiger partial charge in [0, 0.05) is 26.2 Å². The Balaban J connectivity index is 2.01. The van der Waals surface area contributed by atoms with Crippen LogP contribution >= 0.6 is 11.6 Å². The topological polar surface area (TPSA) is 83.7 Å². The van der Waals surface area contributed by atoms with Gasteiger partial charge in [-0.25, -0.2) is 0 Å². The second-order valence-corrected chi connectivity index (χ2v) is 4.84. The van der Waals surface area contributed by atoms with E-state index in [0.717, 1.165) is 0 Å². The van der Waals surface area contributed by atoms with Gasteiger partial charge in [0.25, 0.3) is 5.91 Å². The average Bonchev–Trinajstić information content (AvgIpc) is 2.46. The Labute approximate surface area is 121 Å². The highest BCUT2D eigenvalue weighted by atomic mass is 35.5. The lowest BCUT2D eigenvalue weighted by atomic mass is 10.2. The van der Waals surface area contributed by atoms with E-state index in [9.17, 15) is 14.4 Å².